The molecule has 2 rings (SSSR count). The van der Waals surface area contributed by atoms with Crippen LogP contribution < -0.4 is 21.3 Å². The molecule has 4 N–H and O–H groups in total. The van der Waals surface area contributed by atoms with E-state index >= 15 is 0 Å². The summed E-state index contributed by atoms with van der Waals surface area (Å²) in [6.45, 7) is 20.0. The van der Waals surface area contributed by atoms with Crippen molar-refractivity contribution in [2.24, 2.45) is 0 Å². The predicted octanol–water partition coefficient (Wildman–Crippen LogP) is 3.81. The lowest BCUT2D eigenvalue weighted by molar-refractivity contribution is -0.110. The van der Waals surface area contributed by atoms with Gasteiger partial charge in [0.05, 0.1) is 6.17 Å². The molecule has 5 nitrogen and oxygen atoms in total. The number of carbonyl (C=O) groups excluding carboxylic acids is 1. The molecule has 2 aliphatic rings. The summed E-state index contributed by atoms with van der Waals surface area (Å²) in [5, 5.41) is 15.2. The maximum Gasteiger partial charge on any atom is 0.178 e. The molecule has 2 aliphatic heterocycles. The molecule has 0 bridgehead atoms. The van der Waals surface area contributed by atoms with Crippen molar-refractivity contribution < 1.29 is 4.79 Å². The van der Waals surface area contributed by atoms with Gasteiger partial charge in [-0.15, -0.1) is 0 Å². The van der Waals surface area contributed by atoms with Crippen LogP contribution in [0.2, 0.25) is 0 Å². The van der Waals surface area contributed by atoms with E-state index in [-0.39, 0.29) is 34.1 Å². The minimum atomic E-state index is -0.0383. The van der Waals surface area contributed by atoms with E-state index in [4.69, 9.17) is 0 Å². The highest BCUT2D eigenvalue weighted by Crippen LogP contribution is 2.30. The van der Waals surface area contributed by atoms with Crippen LogP contribution in [0.3, 0.4) is 0 Å². The van der Waals surface area contributed by atoms with E-state index < -0.39 is 0 Å². The van der Waals surface area contributed by atoms with Crippen LogP contribution in [0.15, 0.2) is 24.3 Å². The van der Waals surface area contributed by atoms with Crippen LogP contribution in [0.4, 0.5) is 0 Å². The average Bonchev–Trinajstić information content (AvgIpc) is 2.46. The Balaban J connectivity index is 2.17. The molecule has 0 unspecified atom stereocenters. The molecular formula is C25H46N4O. The van der Waals surface area contributed by atoms with Crippen molar-refractivity contribution in [3.05, 3.63) is 24.3 Å². The molecule has 0 atom stereocenters. The van der Waals surface area contributed by atoms with Gasteiger partial charge in [-0.2, -0.15) is 0 Å². The Morgan fingerprint density at radius 1 is 0.767 bits per heavy atom. The molecule has 0 aromatic carbocycles. The van der Waals surface area contributed by atoms with Gasteiger partial charge in [-0.3, -0.25) is 15.4 Å². The first kappa shape index (κ1) is 25.3. The van der Waals surface area contributed by atoms with Gasteiger partial charge in [0, 0.05) is 34.2 Å². The van der Waals surface area contributed by atoms with E-state index in [2.05, 4.69) is 76.7 Å². The molecule has 0 amide bonds. The topological polar surface area (TPSA) is 65.2 Å². The molecule has 2 heterocycles. The fourth-order valence-electron chi connectivity index (χ4n) is 5.96. The van der Waals surface area contributed by atoms with E-state index in [0.717, 1.165) is 25.7 Å². The first-order valence-corrected chi connectivity index (χ1v) is 11.6. The van der Waals surface area contributed by atoms with E-state index in [1.807, 2.05) is 13.0 Å². The zero-order chi connectivity index (χ0) is 22.8. The van der Waals surface area contributed by atoms with Crippen molar-refractivity contribution in [2.45, 2.75) is 128 Å². The molecule has 0 aromatic rings. The van der Waals surface area contributed by atoms with Gasteiger partial charge in [-0.25, -0.2) is 0 Å². The minimum absolute atomic E-state index is 0.0306. The Morgan fingerprint density at radius 2 is 1.13 bits per heavy atom. The maximum atomic E-state index is 12.1. The quantitative estimate of drug-likeness (QED) is 0.374. The molecule has 5 heteroatoms. The Morgan fingerprint density at radius 3 is 1.47 bits per heavy atom. The van der Waals surface area contributed by atoms with Crippen molar-refractivity contribution >= 4 is 5.78 Å². The van der Waals surface area contributed by atoms with Gasteiger partial charge in [0.25, 0.3) is 0 Å². The van der Waals surface area contributed by atoms with E-state index in [1.165, 1.54) is 0 Å². The summed E-state index contributed by atoms with van der Waals surface area (Å²) in [6.07, 6.45) is 11.3. The summed E-state index contributed by atoms with van der Waals surface area (Å²) in [4.78, 5) is 12.1. The zero-order valence-electron chi connectivity index (χ0n) is 20.8. The zero-order valence-corrected chi connectivity index (χ0v) is 20.8. The molecule has 0 saturated carbocycles. The van der Waals surface area contributed by atoms with Gasteiger partial charge < -0.3 is 10.6 Å². The van der Waals surface area contributed by atoms with Crippen LogP contribution in [0.25, 0.3) is 0 Å². The third-order valence-electron chi connectivity index (χ3n) is 5.99. The van der Waals surface area contributed by atoms with Crippen LogP contribution >= 0.6 is 0 Å². The lowest BCUT2D eigenvalue weighted by atomic mass is 9.79. The summed E-state index contributed by atoms with van der Waals surface area (Å²) in [6, 6.07) is 0.746. The highest BCUT2D eigenvalue weighted by Gasteiger charge is 2.40. The van der Waals surface area contributed by atoms with Crippen LogP contribution in [0.5, 0.6) is 0 Å². The van der Waals surface area contributed by atoms with Crippen LogP contribution in [0, 0.1) is 0 Å². The number of carbonyl (C=O) groups is 1. The molecule has 172 valence electrons. The molecule has 30 heavy (non-hydrogen) atoms. The van der Waals surface area contributed by atoms with Crippen molar-refractivity contribution in [3.63, 3.8) is 0 Å². The molecule has 2 fully saturated rings. The van der Waals surface area contributed by atoms with Gasteiger partial charge >= 0.3 is 0 Å². The van der Waals surface area contributed by atoms with Gasteiger partial charge in [0.15, 0.2) is 5.78 Å². The number of allylic oxidation sites excluding steroid dienone is 3. The van der Waals surface area contributed by atoms with Gasteiger partial charge in [0.2, 0.25) is 0 Å². The molecule has 0 radical (unpaired) electrons. The summed E-state index contributed by atoms with van der Waals surface area (Å²) in [7, 11) is 0. The van der Waals surface area contributed by atoms with Gasteiger partial charge in [-0.05, 0) is 106 Å². The Hall–Kier alpha value is -1.01. The summed E-state index contributed by atoms with van der Waals surface area (Å²) >= 11 is 0. The average molecular weight is 419 g/mol. The second kappa shape index (κ2) is 9.23. The molecule has 2 saturated heterocycles. The Labute approximate surface area is 184 Å². The van der Waals surface area contributed by atoms with E-state index in [9.17, 15) is 4.79 Å². The van der Waals surface area contributed by atoms with Gasteiger partial charge in [0.1, 0.15) is 0 Å². The Bertz CT molecular complexity index is 588. The number of nitrogens with one attached hydrogen (secondary N) is 4. The van der Waals surface area contributed by atoms with E-state index in [1.54, 1.807) is 18.2 Å². The summed E-state index contributed by atoms with van der Waals surface area (Å²) in [5.41, 5.74) is 0.306. The molecule has 0 spiro atoms. The summed E-state index contributed by atoms with van der Waals surface area (Å²) in [5.74, 6) is 0.0306. The molecule has 0 aromatic heterocycles. The molecule has 0 aliphatic carbocycles. The highest BCUT2D eigenvalue weighted by molar-refractivity contribution is 5.99. The van der Waals surface area contributed by atoms with Crippen LogP contribution in [0.1, 0.15) is 88.0 Å². The number of rotatable bonds is 7. The number of hydrogen-bond donors (Lipinski definition) is 4. The monoisotopic (exact) mass is 418 g/mol. The van der Waals surface area contributed by atoms with Crippen molar-refractivity contribution in [1.82, 2.24) is 21.3 Å². The van der Waals surface area contributed by atoms with Crippen LogP contribution in [-0.2, 0) is 4.79 Å². The van der Waals surface area contributed by atoms with Crippen molar-refractivity contribution in [1.29, 1.82) is 0 Å². The number of hydrogen-bond acceptors (Lipinski definition) is 5. The third-order valence-corrected chi connectivity index (χ3v) is 5.99. The summed E-state index contributed by atoms with van der Waals surface area (Å²) < 4.78 is 0. The Kier molecular flexibility index (Phi) is 7.77. The SMILES string of the molecule is C/C=C/C(=O)/C=C/C(NC1CC(C)(C)NC(C)(C)C1)NC1CC(C)(C)NC(C)(C)C1. The smallest absolute Gasteiger partial charge is 0.178 e. The fourth-order valence-corrected chi connectivity index (χ4v) is 5.96. The van der Waals surface area contributed by atoms with Crippen molar-refractivity contribution in [2.75, 3.05) is 0 Å². The highest BCUT2D eigenvalue weighted by atomic mass is 16.1. The van der Waals surface area contributed by atoms with Crippen molar-refractivity contribution in [3.8, 4) is 0 Å². The largest absolute Gasteiger partial charge is 0.307 e. The third kappa shape index (κ3) is 8.26. The fraction of sp³-hybridized carbons (Fsp3) is 0.800. The van der Waals surface area contributed by atoms with Crippen LogP contribution in [-0.4, -0.2) is 46.2 Å². The predicted molar refractivity (Wildman–Crippen MR) is 128 cm³/mol. The lowest BCUT2D eigenvalue weighted by Gasteiger charge is -2.49. The maximum absolute atomic E-state index is 12.1. The second-order valence-electron chi connectivity index (χ2n) is 12.1. The first-order valence-electron chi connectivity index (χ1n) is 11.6. The lowest BCUT2D eigenvalue weighted by Crippen LogP contribution is -2.66. The molecular weight excluding hydrogens is 372 g/mol. The van der Waals surface area contributed by atoms with E-state index in [0.29, 0.717) is 12.1 Å². The number of piperidine rings is 2. The normalized spacial score (nSPS) is 26.6. The standard InChI is InChI=1S/C25H46N4O/c1-10-11-20(30)12-13-21(26-18-14-22(2,3)28-23(4,5)15-18)27-19-16-24(6,7)29-25(8,9)17-19/h10-13,18-19,21,26-29H,14-17H2,1-9H3/b11-10+,13-12+. The minimum Gasteiger partial charge on any atom is -0.307 e. The van der Waals surface area contributed by atoms with Gasteiger partial charge in [-0.1, -0.05) is 6.08 Å². The second-order valence-corrected chi connectivity index (χ2v) is 12.1. The number of ketones is 1. The first-order chi connectivity index (χ1) is 13.6.